The first-order valence-electron chi connectivity index (χ1n) is 9.87. The van der Waals surface area contributed by atoms with E-state index < -0.39 is 5.97 Å². The molecule has 0 unspecified atom stereocenters. The molecule has 0 spiro atoms. The fourth-order valence-corrected chi connectivity index (χ4v) is 3.86. The fourth-order valence-electron chi connectivity index (χ4n) is 3.86. The van der Waals surface area contributed by atoms with Crippen LogP contribution >= 0.6 is 0 Å². The van der Waals surface area contributed by atoms with E-state index in [0.29, 0.717) is 0 Å². The minimum atomic E-state index is -0.990. The maximum atomic E-state index is 10.1. The molecular weight excluding hydrogens is 577 g/mol. The first-order valence-corrected chi connectivity index (χ1v) is 9.87. The average Bonchev–Trinajstić information content (AvgIpc) is 3.16. The van der Waals surface area contributed by atoms with Crippen molar-refractivity contribution in [2.45, 2.75) is 0 Å². The number of carboxylic acid groups (broad SMARTS) is 1. The van der Waals surface area contributed by atoms with Crippen molar-refractivity contribution in [2.24, 2.45) is 0 Å². The Labute approximate surface area is 199 Å². The van der Waals surface area contributed by atoms with Crippen LogP contribution in [-0.2, 0) is 20.1 Å². The Balaban J connectivity index is 0.000000209. The standard InChI is InChI=1S/C21H12N.C6H5NO2.Ir/c1-2-7-14(8-3-1)20-13-18-16-10-5-4-9-15(16)17-11-6-12-19(22-20)21(17)18;8-6(9)5-3-1-2-4-7-5;/h1-7,9-13H;1-4H,(H,8,9);/q-1;;. The Kier molecular flexibility index (Phi) is 6.22. The van der Waals surface area contributed by atoms with Gasteiger partial charge < -0.3 is 5.11 Å². The number of hydrogen-bond donors (Lipinski definition) is 1. The van der Waals surface area contributed by atoms with Gasteiger partial charge in [-0.15, -0.1) is 35.9 Å². The molecule has 32 heavy (non-hydrogen) atoms. The van der Waals surface area contributed by atoms with E-state index in [-0.39, 0.29) is 25.8 Å². The topological polar surface area (TPSA) is 63.1 Å². The molecule has 0 atom stereocenters. The van der Waals surface area contributed by atoms with E-state index in [0.717, 1.165) is 16.8 Å². The van der Waals surface area contributed by atoms with E-state index in [4.69, 9.17) is 10.1 Å². The molecule has 5 aromatic rings. The Morgan fingerprint density at radius 2 is 1.50 bits per heavy atom. The van der Waals surface area contributed by atoms with E-state index in [1.54, 1.807) is 12.1 Å². The largest absolute Gasteiger partial charge is 0.477 e. The summed E-state index contributed by atoms with van der Waals surface area (Å²) in [5, 5.41) is 9.59. The summed E-state index contributed by atoms with van der Waals surface area (Å²) in [4.78, 5) is 18.6. The fraction of sp³-hybridized carbons (Fsp3) is 0. The van der Waals surface area contributed by atoms with Gasteiger partial charge in [0.15, 0.2) is 0 Å². The number of hydrogen-bond acceptors (Lipinski definition) is 3. The normalized spacial score (nSPS) is 10.5. The molecule has 0 aliphatic heterocycles. The van der Waals surface area contributed by atoms with Crippen molar-refractivity contribution in [3.63, 3.8) is 0 Å². The zero-order valence-corrected chi connectivity index (χ0v) is 19.2. The molecule has 1 aliphatic rings. The van der Waals surface area contributed by atoms with Crippen molar-refractivity contribution in [2.75, 3.05) is 0 Å². The van der Waals surface area contributed by atoms with Crippen LogP contribution in [0, 0.1) is 6.07 Å². The molecule has 2 aromatic heterocycles. The summed E-state index contributed by atoms with van der Waals surface area (Å²) in [6.45, 7) is 0. The Bertz CT molecular complexity index is 1400. The second-order valence-corrected chi connectivity index (χ2v) is 7.10. The van der Waals surface area contributed by atoms with E-state index in [2.05, 4.69) is 65.6 Å². The molecule has 1 radical (unpaired) electrons. The summed E-state index contributed by atoms with van der Waals surface area (Å²) < 4.78 is 0. The third-order valence-corrected chi connectivity index (χ3v) is 5.21. The maximum Gasteiger partial charge on any atom is 0.354 e. The number of aromatic carboxylic acids is 1. The van der Waals surface area contributed by atoms with E-state index in [1.807, 2.05) is 18.2 Å². The van der Waals surface area contributed by atoms with E-state index >= 15 is 0 Å². The van der Waals surface area contributed by atoms with Gasteiger partial charge in [-0.3, -0.25) is 4.98 Å². The second-order valence-electron chi connectivity index (χ2n) is 7.10. The van der Waals surface area contributed by atoms with E-state index in [9.17, 15) is 4.79 Å². The quantitative estimate of drug-likeness (QED) is 0.246. The molecule has 0 amide bonds. The Morgan fingerprint density at radius 1 is 0.781 bits per heavy atom. The van der Waals surface area contributed by atoms with Crippen LogP contribution in [0.25, 0.3) is 44.4 Å². The summed E-state index contributed by atoms with van der Waals surface area (Å²) in [5.74, 6) is -0.990. The van der Waals surface area contributed by atoms with Crippen LogP contribution < -0.4 is 0 Å². The molecular formula is C27H17IrN2O2-. The van der Waals surface area contributed by atoms with Crippen molar-refractivity contribution < 1.29 is 30.0 Å². The number of carbonyl (C=O) groups is 1. The molecule has 3 aromatic carbocycles. The smallest absolute Gasteiger partial charge is 0.354 e. The monoisotopic (exact) mass is 594 g/mol. The third-order valence-electron chi connectivity index (χ3n) is 5.21. The van der Waals surface area contributed by atoms with Gasteiger partial charge in [-0.2, -0.15) is 0 Å². The van der Waals surface area contributed by atoms with Crippen molar-refractivity contribution in [1.29, 1.82) is 0 Å². The van der Waals surface area contributed by atoms with Crippen LogP contribution in [0.15, 0.2) is 97.2 Å². The van der Waals surface area contributed by atoms with Crippen LogP contribution in [0.1, 0.15) is 10.5 Å². The molecule has 0 bridgehead atoms. The Morgan fingerprint density at radius 3 is 2.16 bits per heavy atom. The number of carboxylic acids is 1. The number of nitrogens with zero attached hydrogens (tertiary/aromatic N) is 2. The van der Waals surface area contributed by atoms with Gasteiger partial charge in [0.2, 0.25) is 0 Å². The number of rotatable bonds is 2. The minimum absolute atomic E-state index is 0. The van der Waals surface area contributed by atoms with Crippen molar-refractivity contribution in [3.05, 3.63) is 109 Å². The summed E-state index contributed by atoms with van der Waals surface area (Å²) in [7, 11) is 0. The van der Waals surface area contributed by atoms with Gasteiger partial charge in [0.05, 0.1) is 5.52 Å². The van der Waals surface area contributed by atoms with Crippen LogP contribution in [-0.4, -0.2) is 21.0 Å². The molecule has 5 heteroatoms. The molecule has 0 saturated carbocycles. The van der Waals surface area contributed by atoms with Gasteiger partial charge in [-0.25, -0.2) is 9.78 Å². The minimum Gasteiger partial charge on any atom is -0.477 e. The van der Waals surface area contributed by atoms with Gasteiger partial charge in [0, 0.05) is 31.7 Å². The number of benzene rings is 3. The SMILES string of the molecule is O=C(O)c1ccccn1.[Ir].[c-]1ccccc1-c1cc2c3c(cccc3n1)-c1ccccc1-2. The predicted octanol–water partition coefficient (Wildman–Crippen LogP) is 6.13. The number of aromatic nitrogens is 2. The van der Waals surface area contributed by atoms with Gasteiger partial charge >= 0.3 is 5.97 Å². The summed E-state index contributed by atoms with van der Waals surface area (Å²) in [5.41, 5.74) is 8.33. The molecule has 157 valence electrons. The van der Waals surface area contributed by atoms with Crippen molar-refractivity contribution in [1.82, 2.24) is 9.97 Å². The predicted molar refractivity (Wildman–Crippen MR) is 122 cm³/mol. The first kappa shape index (κ1) is 21.6. The summed E-state index contributed by atoms with van der Waals surface area (Å²) >= 11 is 0. The zero-order chi connectivity index (χ0) is 21.2. The van der Waals surface area contributed by atoms with Gasteiger partial charge in [-0.05, 0) is 46.1 Å². The van der Waals surface area contributed by atoms with Crippen LogP contribution in [0.5, 0.6) is 0 Å². The van der Waals surface area contributed by atoms with Crippen molar-refractivity contribution in [3.8, 4) is 33.5 Å². The first-order chi connectivity index (χ1) is 15.2. The number of pyridine rings is 2. The molecule has 4 nitrogen and oxygen atoms in total. The average molecular weight is 594 g/mol. The zero-order valence-electron chi connectivity index (χ0n) is 16.8. The van der Waals surface area contributed by atoms with E-state index in [1.165, 1.54) is 39.9 Å². The number of fused-ring (bicyclic) bond motifs is 3. The molecule has 1 N–H and O–H groups in total. The molecule has 1 aliphatic carbocycles. The molecule has 0 fully saturated rings. The molecule has 0 saturated heterocycles. The van der Waals surface area contributed by atoms with Gasteiger partial charge in [0.25, 0.3) is 0 Å². The second kappa shape index (κ2) is 9.23. The summed E-state index contributed by atoms with van der Waals surface area (Å²) in [6.07, 6.45) is 1.45. The maximum absolute atomic E-state index is 10.1. The van der Waals surface area contributed by atoms with Crippen LogP contribution in [0.2, 0.25) is 0 Å². The molecule has 6 rings (SSSR count). The third kappa shape index (κ3) is 3.96. The van der Waals surface area contributed by atoms with Gasteiger partial charge in [0.1, 0.15) is 5.69 Å². The molecule has 2 heterocycles. The Hall–Kier alpha value is -3.66. The van der Waals surface area contributed by atoms with Crippen molar-refractivity contribution >= 4 is 16.9 Å². The van der Waals surface area contributed by atoms with Crippen LogP contribution in [0.4, 0.5) is 0 Å². The van der Waals surface area contributed by atoms with Gasteiger partial charge in [-0.1, -0.05) is 48.5 Å². The van der Waals surface area contributed by atoms with Crippen LogP contribution in [0.3, 0.4) is 0 Å². The summed E-state index contributed by atoms with van der Waals surface area (Å²) in [6, 6.07) is 33.2.